The molecular weight excluding hydrogens is 318 g/mol. The van der Waals surface area contributed by atoms with Gasteiger partial charge in [0.15, 0.2) is 0 Å². The summed E-state index contributed by atoms with van der Waals surface area (Å²) in [5, 5.41) is 3.43. The Labute approximate surface area is 142 Å². The van der Waals surface area contributed by atoms with E-state index in [0.717, 1.165) is 11.2 Å². The molecule has 25 heavy (non-hydrogen) atoms. The molecule has 0 saturated carbocycles. The third-order valence-electron chi connectivity index (χ3n) is 4.04. The van der Waals surface area contributed by atoms with Crippen LogP contribution in [0.25, 0.3) is 16.6 Å². The van der Waals surface area contributed by atoms with E-state index in [1.165, 1.54) is 0 Å². The van der Waals surface area contributed by atoms with Crippen molar-refractivity contribution < 1.29 is 9.21 Å². The zero-order valence-corrected chi connectivity index (χ0v) is 13.5. The molecule has 0 fully saturated rings. The second kappa shape index (κ2) is 5.90. The van der Waals surface area contributed by atoms with Crippen LogP contribution < -0.4 is 10.9 Å². The van der Waals surface area contributed by atoms with Crippen molar-refractivity contribution in [3.8, 4) is 0 Å². The van der Waals surface area contributed by atoms with Gasteiger partial charge in [0.25, 0.3) is 5.91 Å². The first-order valence-corrected chi connectivity index (χ1v) is 7.86. The fourth-order valence-corrected chi connectivity index (χ4v) is 2.78. The number of aromatic nitrogens is 2. The molecule has 1 aromatic carbocycles. The molecular formula is C19H15N3O3. The average molecular weight is 333 g/mol. The first-order chi connectivity index (χ1) is 12.1. The second-order valence-electron chi connectivity index (χ2n) is 5.82. The highest BCUT2D eigenvalue weighted by molar-refractivity contribution is 5.96. The number of para-hydroxylation sites is 1. The van der Waals surface area contributed by atoms with Gasteiger partial charge in [-0.05, 0) is 30.7 Å². The normalized spacial score (nSPS) is 11.1. The number of carbonyl (C=O) groups excluding carboxylic acids is 1. The minimum absolute atomic E-state index is 0.0151. The minimum atomic E-state index is -0.651. The minimum Gasteiger partial charge on any atom is -0.422 e. The largest absolute Gasteiger partial charge is 0.422 e. The Morgan fingerprint density at radius 3 is 2.92 bits per heavy atom. The van der Waals surface area contributed by atoms with E-state index < -0.39 is 11.5 Å². The molecule has 4 rings (SSSR count). The standard InChI is InChI=1S/C19H15N3O3/c1-12-5-4-8-22-11-14(21-17(12)22)10-20-18(23)15-9-13-6-2-3-7-16(13)25-19(15)24/h2-9,11H,10H2,1H3,(H,20,23). The van der Waals surface area contributed by atoms with Crippen LogP contribution in [-0.4, -0.2) is 15.3 Å². The van der Waals surface area contributed by atoms with Crippen molar-refractivity contribution >= 4 is 22.5 Å². The Kier molecular flexibility index (Phi) is 3.57. The third kappa shape index (κ3) is 2.78. The first kappa shape index (κ1) is 15.1. The first-order valence-electron chi connectivity index (χ1n) is 7.86. The van der Waals surface area contributed by atoms with Gasteiger partial charge in [0.05, 0.1) is 12.2 Å². The summed E-state index contributed by atoms with van der Waals surface area (Å²) in [6.45, 7) is 2.21. The van der Waals surface area contributed by atoms with Crippen molar-refractivity contribution in [1.82, 2.24) is 14.7 Å². The third-order valence-corrected chi connectivity index (χ3v) is 4.04. The molecule has 0 aliphatic carbocycles. The molecule has 124 valence electrons. The summed E-state index contributed by atoms with van der Waals surface area (Å²) in [4.78, 5) is 28.9. The van der Waals surface area contributed by atoms with E-state index in [1.807, 2.05) is 41.9 Å². The molecule has 1 amide bonds. The van der Waals surface area contributed by atoms with E-state index in [1.54, 1.807) is 24.3 Å². The number of nitrogens with one attached hydrogen (secondary N) is 1. The number of rotatable bonds is 3. The van der Waals surface area contributed by atoms with Crippen LogP contribution in [0, 0.1) is 6.92 Å². The summed E-state index contributed by atoms with van der Waals surface area (Å²) in [6, 6.07) is 12.5. The quantitative estimate of drug-likeness (QED) is 0.585. The van der Waals surface area contributed by atoms with Crippen molar-refractivity contribution in [3.05, 3.63) is 82.1 Å². The summed E-state index contributed by atoms with van der Waals surface area (Å²) in [6.07, 6.45) is 3.75. The maximum Gasteiger partial charge on any atom is 0.349 e. The summed E-state index contributed by atoms with van der Waals surface area (Å²) >= 11 is 0. The number of hydrogen-bond acceptors (Lipinski definition) is 4. The van der Waals surface area contributed by atoms with Crippen LogP contribution in [0.2, 0.25) is 0 Å². The van der Waals surface area contributed by atoms with Crippen LogP contribution in [0.3, 0.4) is 0 Å². The fraction of sp³-hybridized carbons (Fsp3) is 0.105. The van der Waals surface area contributed by atoms with Crippen LogP contribution >= 0.6 is 0 Å². The Hall–Kier alpha value is -3.41. The molecule has 0 bridgehead atoms. The van der Waals surface area contributed by atoms with Crippen LogP contribution in [0.15, 0.2) is 64.1 Å². The highest BCUT2D eigenvalue weighted by Crippen LogP contribution is 2.13. The van der Waals surface area contributed by atoms with E-state index in [2.05, 4.69) is 10.3 Å². The van der Waals surface area contributed by atoms with E-state index in [-0.39, 0.29) is 12.1 Å². The zero-order chi connectivity index (χ0) is 17.4. The van der Waals surface area contributed by atoms with Gasteiger partial charge in [-0.3, -0.25) is 4.79 Å². The molecule has 6 heteroatoms. The fourth-order valence-electron chi connectivity index (χ4n) is 2.78. The number of nitrogens with zero attached hydrogens (tertiary/aromatic N) is 2. The number of aryl methyl sites for hydroxylation is 1. The van der Waals surface area contributed by atoms with Gasteiger partial charge in [-0.2, -0.15) is 0 Å². The Bertz CT molecular complexity index is 1160. The summed E-state index contributed by atoms with van der Waals surface area (Å²) in [7, 11) is 0. The maximum atomic E-state index is 12.4. The monoisotopic (exact) mass is 333 g/mol. The molecule has 0 saturated heterocycles. The lowest BCUT2D eigenvalue weighted by molar-refractivity contribution is 0.0947. The molecule has 0 aliphatic heterocycles. The van der Waals surface area contributed by atoms with Crippen molar-refractivity contribution in [2.75, 3.05) is 0 Å². The number of fused-ring (bicyclic) bond motifs is 2. The lowest BCUT2D eigenvalue weighted by atomic mass is 10.2. The molecule has 0 unspecified atom stereocenters. The summed E-state index contributed by atoms with van der Waals surface area (Å²) < 4.78 is 7.10. The highest BCUT2D eigenvalue weighted by Gasteiger charge is 2.14. The zero-order valence-electron chi connectivity index (χ0n) is 13.5. The number of benzene rings is 1. The van der Waals surface area contributed by atoms with Gasteiger partial charge in [0.2, 0.25) is 0 Å². The Morgan fingerprint density at radius 2 is 2.08 bits per heavy atom. The van der Waals surface area contributed by atoms with Crippen molar-refractivity contribution in [2.24, 2.45) is 0 Å². The van der Waals surface area contributed by atoms with Gasteiger partial charge in [-0.1, -0.05) is 24.3 Å². The van der Waals surface area contributed by atoms with Crippen LogP contribution in [0.1, 0.15) is 21.6 Å². The summed E-state index contributed by atoms with van der Waals surface area (Å²) in [5.74, 6) is -0.478. The van der Waals surface area contributed by atoms with Crippen molar-refractivity contribution in [3.63, 3.8) is 0 Å². The number of pyridine rings is 1. The lowest BCUT2D eigenvalue weighted by Gasteiger charge is -2.03. The molecule has 3 aromatic heterocycles. The van der Waals surface area contributed by atoms with Crippen LogP contribution in [-0.2, 0) is 6.54 Å². The predicted octanol–water partition coefficient (Wildman–Crippen LogP) is 2.68. The molecule has 1 N–H and O–H groups in total. The molecule has 0 atom stereocenters. The second-order valence-corrected chi connectivity index (χ2v) is 5.82. The molecule has 0 radical (unpaired) electrons. The predicted molar refractivity (Wildman–Crippen MR) is 93.6 cm³/mol. The number of hydrogen-bond donors (Lipinski definition) is 1. The number of amides is 1. The number of imidazole rings is 1. The van der Waals surface area contributed by atoms with Gasteiger partial charge in [-0.15, -0.1) is 0 Å². The van der Waals surface area contributed by atoms with Gasteiger partial charge in [0.1, 0.15) is 16.8 Å². The number of carbonyl (C=O) groups is 1. The van der Waals surface area contributed by atoms with Crippen LogP contribution in [0.5, 0.6) is 0 Å². The maximum absolute atomic E-state index is 12.4. The van der Waals surface area contributed by atoms with E-state index in [9.17, 15) is 9.59 Å². The molecule has 0 aliphatic rings. The van der Waals surface area contributed by atoms with Gasteiger partial charge < -0.3 is 14.1 Å². The molecule has 4 aromatic rings. The van der Waals surface area contributed by atoms with Crippen molar-refractivity contribution in [1.29, 1.82) is 0 Å². The topological polar surface area (TPSA) is 76.6 Å². The Balaban J connectivity index is 1.58. The van der Waals surface area contributed by atoms with Crippen molar-refractivity contribution in [2.45, 2.75) is 13.5 Å². The molecule has 3 heterocycles. The Morgan fingerprint density at radius 1 is 1.24 bits per heavy atom. The van der Waals surface area contributed by atoms with Gasteiger partial charge in [0, 0.05) is 17.8 Å². The molecule has 0 spiro atoms. The lowest BCUT2D eigenvalue weighted by Crippen LogP contribution is -2.27. The molecule has 6 nitrogen and oxygen atoms in total. The average Bonchev–Trinajstić information content (AvgIpc) is 3.03. The van der Waals surface area contributed by atoms with Gasteiger partial charge in [-0.25, -0.2) is 9.78 Å². The SMILES string of the molecule is Cc1cccn2cc(CNC(=O)c3cc4ccccc4oc3=O)nc12. The highest BCUT2D eigenvalue weighted by atomic mass is 16.4. The summed E-state index contributed by atoms with van der Waals surface area (Å²) in [5.41, 5.74) is 2.40. The van der Waals surface area contributed by atoms with E-state index in [4.69, 9.17) is 4.42 Å². The van der Waals surface area contributed by atoms with Gasteiger partial charge >= 0.3 is 5.63 Å². The smallest absolute Gasteiger partial charge is 0.349 e. The van der Waals surface area contributed by atoms with Crippen LogP contribution in [0.4, 0.5) is 0 Å². The van der Waals surface area contributed by atoms with E-state index >= 15 is 0 Å². The van der Waals surface area contributed by atoms with E-state index in [0.29, 0.717) is 16.7 Å².